The lowest BCUT2D eigenvalue weighted by atomic mass is 10.2. The highest BCUT2D eigenvalue weighted by Gasteiger charge is 2.17. The molecule has 0 radical (unpaired) electrons. The summed E-state index contributed by atoms with van der Waals surface area (Å²) >= 11 is 0. The molecule has 0 aliphatic carbocycles. The van der Waals surface area contributed by atoms with Gasteiger partial charge in [-0.05, 0) is 32.0 Å². The molecule has 1 rings (SSSR count). The summed E-state index contributed by atoms with van der Waals surface area (Å²) in [6.45, 7) is 3.44. The molecule has 1 aromatic rings. The van der Waals surface area contributed by atoms with Crippen LogP contribution in [0, 0.1) is 17.1 Å². The van der Waals surface area contributed by atoms with Crippen LogP contribution in [0.5, 0.6) is 5.75 Å². The van der Waals surface area contributed by atoms with E-state index in [1.807, 2.05) is 0 Å². The van der Waals surface area contributed by atoms with E-state index in [2.05, 4.69) is 0 Å². The molecule has 0 aromatic heterocycles. The molecular weight excluding hydrogens is 225 g/mol. The Bertz CT molecular complexity index is 454. The number of nitriles is 1. The summed E-state index contributed by atoms with van der Waals surface area (Å²) in [6, 6.07) is 5.31. The van der Waals surface area contributed by atoms with E-state index in [1.54, 1.807) is 13.0 Å². The fourth-order valence-electron chi connectivity index (χ4n) is 1.19. The normalized spacial score (nSPS) is 11.4. The molecule has 0 spiro atoms. The Labute approximate surface area is 98.6 Å². The van der Waals surface area contributed by atoms with Crippen molar-refractivity contribution in [1.29, 1.82) is 5.26 Å². The molecule has 0 N–H and O–H groups in total. The Kier molecular flexibility index (Phi) is 4.46. The number of carbonyl (C=O) groups is 1. The quantitative estimate of drug-likeness (QED) is 0.752. The van der Waals surface area contributed by atoms with Crippen molar-refractivity contribution < 1.29 is 18.7 Å². The van der Waals surface area contributed by atoms with Crippen molar-refractivity contribution in [3.05, 3.63) is 29.6 Å². The van der Waals surface area contributed by atoms with Crippen LogP contribution in [-0.2, 0) is 9.53 Å². The van der Waals surface area contributed by atoms with E-state index < -0.39 is 17.9 Å². The maximum atomic E-state index is 12.9. The fraction of sp³-hybridized carbons (Fsp3) is 0.333. The molecule has 0 saturated carbocycles. The summed E-state index contributed by atoms with van der Waals surface area (Å²) in [4.78, 5) is 11.3. The number of nitrogens with zero attached hydrogens (tertiary/aromatic N) is 1. The summed E-state index contributed by atoms with van der Waals surface area (Å²) in [7, 11) is 0. The topological polar surface area (TPSA) is 59.3 Å². The van der Waals surface area contributed by atoms with E-state index in [0.717, 1.165) is 12.1 Å². The SMILES string of the molecule is CCOC(=O)C(C)Oc1ccc(F)cc1C#N. The van der Waals surface area contributed by atoms with Crippen LogP contribution in [0.3, 0.4) is 0 Å². The second-order valence-electron chi connectivity index (χ2n) is 3.26. The van der Waals surface area contributed by atoms with Crippen molar-refractivity contribution in [2.45, 2.75) is 20.0 Å². The minimum Gasteiger partial charge on any atom is -0.478 e. The smallest absolute Gasteiger partial charge is 0.347 e. The van der Waals surface area contributed by atoms with Gasteiger partial charge >= 0.3 is 5.97 Å². The van der Waals surface area contributed by atoms with Crippen molar-refractivity contribution in [1.82, 2.24) is 0 Å². The van der Waals surface area contributed by atoms with Gasteiger partial charge in [-0.2, -0.15) is 5.26 Å². The highest BCUT2D eigenvalue weighted by atomic mass is 19.1. The van der Waals surface area contributed by atoms with Gasteiger partial charge in [-0.3, -0.25) is 0 Å². The van der Waals surface area contributed by atoms with Gasteiger partial charge in [0.25, 0.3) is 0 Å². The minimum atomic E-state index is -0.840. The van der Waals surface area contributed by atoms with Crippen molar-refractivity contribution in [2.75, 3.05) is 6.61 Å². The first kappa shape index (κ1) is 13.0. The molecule has 1 unspecified atom stereocenters. The van der Waals surface area contributed by atoms with E-state index in [1.165, 1.54) is 13.0 Å². The predicted octanol–water partition coefficient (Wildman–Crippen LogP) is 2.03. The molecule has 4 nitrogen and oxygen atoms in total. The third kappa shape index (κ3) is 3.45. The molecule has 0 aliphatic rings. The van der Waals surface area contributed by atoms with Crippen LogP contribution >= 0.6 is 0 Å². The Morgan fingerprint density at radius 3 is 2.88 bits per heavy atom. The lowest BCUT2D eigenvalue weighted by molar-refractivity contribution is -0.150. The second-order valence-corrected chi connectivity index (χ2v) is 3.26. The average Bonchev–Trinajstić information content (AvgIpc) is 2.31. The molecule has 0 heterocycles. The predicted molar refractivity (Wildman–Crippen MR) is 57.8 cm³/mol. The second kappa shape index (κ2) is 5.85. The van der Waals surface area contributed by atoms with E-state index in [-0.39, 0.29) is 17.9 Å². The maximum Gasteiger partial charge on any atom is 0.347 e. The number of rotatable bonds is 4. The molecule has 0 saturated heterocycles. The van der Waals surface area contributed by atoms with Crippen LogP contribution in [0.1, 0.15) is 19.4 Å². The number of halogens is 1. The van der Waals surface area contributed by atoms with Gasteiger partial charge in [-0.1, -0.05) is 0 Å². The van der Waals surface area contributed by atoms with Crippen molar-refractivity contribution in [2.24, 2.45) is 0 Å². The molecule has 0 aliphatic heterocycles. The van der Waals surface area contributed by atoms with Crippen LogP contribution in [0.15, 0.2) is 18.2 Å². The fourth-order valence-corrected chi connectivity index (χ4v) is 1.19. The lowest BCUT2D eigenvalue weighted by Gasteiger charge is -2.14. The van der Waals surface area contributed by atoms with Gasteiger partial charge in [0.15, 0.2) is 6.10 Å². The van der Waals surface area contributed by atoms with Gasteiger partial charge in [0, 0.05) is 0 Å². The Hall–Kier alpha value is -2.09. The largest absolute Gasteiger partial charge is 0.478 e. The number of carbonyl (C=O) groups excluding carboxylic acids is 1. The first-order valence-corrected chi connectivity index (χ1v) is 5.11. The first-order chi connectivity index (χ1) is 8.08. The maximum absolute atomic E-state index is 12.9. The Balaban J connectivity index is 2.82. The molecule has 0 bridgehead atoms. The van der Waals surface area contributed by atoms with E-state index in [9.17, 15) is 9.18 Å². The molecule has 0 fully saturated rings. The molecule has 1 aromatic carbocycles. The van der Waals surface area contributed by atoms with Crippen LogP contribution < -0.4 is 4.74 Å². The Morgan fingerprint density at radius 1 is 1.59 bits per heavy atom. The monoisotopic (exact) mass is 237 g/mol. The van der Waals surface area contributed by atoms with Gasteiger partial charge in [0.2, 0.25) is 0 Å². The third-order valence-electron chi connectivity index (χ3n) is 1.98. The number of ether oxygens (including phenoxy) is 2. The zero-order valence-electron chi connectivity index (χ0n) is 9.57. The van der Waals surface area contributed by atoms with E-state index in [4.69, 9.17) is 14.7 Å². The van der Waals surface area contributed by atoms with Crippen molar-refractivity contribution >= 4 is 5.97 Å². The van der Waals surface area contributed by atoms with E-state index in [0.29, 0.717) is 0 Å². The summed E-state index contributed by atoms with van der Waals surface area (Å²) in [5.74, 6) is -0.896. The van der Waals surface area contributed by atoms with Crippen LogP contribution in [0.25, 0.3) is 0 Å². The van der Waals surface area contributed by atoms with Crippen LogP contribution in [-0.4, -0.2) is 18.7 Å². The number of hydrogen-bond donors (Lipinski definition) is 0. The van der Waals surface area contributed by atoms with E-state index >= 15 is 0 Å². The Morgan fingerprint density at radius 2 is 2.29 bits per heavy atom. The molecule has 1 atom stereocenters. The molecule has 17 heavy (non-hydrogen) atoms. The highest BCUT2D eigenvalue weighted by Crippen LogP contribution is 2.20. The zero-order valence-corrected chi connectivity index (χ0v) is 9.57. The van der Waals surface area contributed by atoms with Crippen molar-refractivity contribution in [3.8, 4) is 11.8 Å². The number of benzene rings is 1. The minimum absolute atomic E-state index is 0.0427. The number of hydrogen-bond acceptors (Lipinski definition) is 4. The molecule has 5 heteroatoms. The summed E-state index contributed by atoms with van der Waals surface area (Å²) in [5, 5.41) is 8.78. The third-order valence-corrected chi connectivity index (χ3v) is 1.98. The molecule has 90 valence electrons. The van der Waals surface area contributed by atoms with Crippen LogP contribution in [0.4, 0.5) is 4.39 Å². The van der Waals surface area contributed by atoms with Gasteiger partial charge in [-0.15, -0.1) is 0 Å². The van der Waals surface area contributed by atoms with Gasteiger partial charge in [-0.25, -0.2) is 9.18 Å². The van der Waals surface area contributed by atoms with Gasteiger partial charge < -0.3 is 9.47 Å². The summed E-state index contributed by atoms with van der Waals surface area (Å²) in [6.07, 6.45) is -0.840. The summed E-state index contributed by atoms with van der Waals surface area (Å²) < 4.78 is 22.8. The first-order valence-electron chi connectivity index (χ1n) is 5.11. The summed E-state index contributed by atoms with van der Waals surface area (Å²) in [5.41, 5.74) is 0.0427. The zero-order chi connectivity index (χ0) is 12.8. The molecule has 0 amide bonds. The average molecular weight is 237 g/mol. The highest BCUT2D eigenvalue weighted by molar-refractivity contribution is 5.74. The van der Waals surface area contributed by atoms with Gasteiger partial charge in [0.1, 0.15) is 17.6 Å². The molecular formula is C12H12FNO3. The van der Waals surface area contributed by atoms with Crippen molar-refractivity contribution in [3.63, 3.8) is 0 Å². The standard InChI is InChI=1S/C12H12FNO3/c1-3-16-12(15)8(2)17-11-5-4-10(13)6-9(11)7-14/h4-6,8H,3H2,1-2H3. The number of esters is 1. The van der Waals surface area contributed by atoms with Gasteiger partial charge in [0.05, 0.1) is 12.2 Å². The van der Waals surface area contributed by atoms with Crippen LogP contribution in [0.2, 0.25) is 0 Å². The lowest BCUT2D eigenvalue weighted by Crippen LogP contribution is -2.26.